The highest BCUT2D eigenvalue weighted by atomic mass is 16.4. The molecule has 1 aromatic carbocycles. The molecule has 86 valence electrons. The van der Waals surface area contributed by atoms with Crippen LogP contribution < -0.4 is 11.5 Å². The summed E-state index contributed by atoms with van der Waals surface area (Å²) >= 11 is 0. The van der Waals surface area contributed by atoms with E-state index in [1.54, 1.807) is 7.05 Å². The summed E-state index contributed by atoms with van der Waals surface area (Å²) in [6.45, 7) is 2.78. The standard InChI is InChI=1S/C12H16N2O2/c1-8(5-6-13)9-3-4-10-11(7-9)16-12(15)14(10)2/h3-4,7-8H,5-6,13H2,1-2H3. The smallest absolute Gasteiger partial charge is 0.408 e. The molecule has 1 heterocycles. The second kappa shape index (κ2) is 4.14. The molecule has 0 aliphatic carbocycles. The van der Waals surface area contributed by atoms with Crippen LogP contribution in [0.2, 0.25) is 0 Å². The Hall–Kier alpha value is -1.55. The fraction of sp³-hybridized carbons (Fsp3) is 0.417. The van der Waals surface area contributed by atoms with Crippen LogP contribution in [0.5, 0.6) is 0 Å². The lowest BCUT2D eigenvalue weighted by Crippen LogP contribution is -2.08. The predicted octanol–water partition coefficient (Wildman–Crippen LogP) is 1.58. The van der Waals surface area contributed by atoms with Gasteiger partial charge >= 0.3 is 5.76 Å². The molecule has 0 saturated carbocycles. The summed E-state index contributed by atoms with van der Waals surface area (Å²) in [5.74, 6) is 0.0681. The Balaban J connectivity index is 2.48. The number of hydrogen-bond acceptors (Lipinski definition) is 3. The summed E-state index contributed by atoms with van der Waals surface area (Å²) < 4.78 is 6.65. The molecule has 0 radical (unpaired) electrons. The first-order valence-corrected chi connectivity index (χ1v) is 5.43. The van der Waals surface area contributed by atoms with E-state index in [9.17, 15) is 4.79 Å². The van der Waals surface area contributed by atoms with Crippen molar-refractivity contribution < 1.29 is 4.42 Å². The Morgan fingerprint density at radius 3 is 2.94 bits per heavy atom. The van der Waals surface area contributed by atoms with Gasteiger partial charge in [-0.25, -0.2) is 4.79 Å². The van der Waals surface area contributed by atoms with Crippen LogP contribution in [-0.2, 0) is 7.05 Å². The highest BCUT2D eigenvalue weighted by molar-refractivity contribution is 5.73. The fourth-order valence-electron chi connectivity index (χ4n) is 1.87. The molecule has 2 N–H and O–H groups in total. The van der Waals surface area contributed by atoms with Gasteiger partial charge in [0, 0.05) is 7.05 Å². The molecule has 0 amide bonds. The van der Waals surface area contributed by atoms with Crippen molar-refractivity contribution in [3.63, 3.8) is 0 Å². The molecule has 1 unspecified atom stereocenters. The average Bonchev–Trinajstić information content (AvgIpc) is 2.55. The Morgan fingerprint density at radius 1 is 1.50 bits per heavy atom. The summed E-state index contributed by atoms with van der Waals surface area (Å²) in [7, 11) is 1.71. The summed E-state index contributed by atoms with van der Waals surface area (Å²) in [5.41, 5.74) is 8.16. The lowest BCUT2D eigenvalue weighted by molar-refractivity contribution is 0.527. The highest BCUT2D eigenvalue weighted by Gasteiger charge is 2.09. The van der Waals surface area contributed by atoms with Crippen molar-refractivity contribution in [3.8, 4) is 0 Å². The second-order valence-electron chi connectivity index (χ2n) is 4.13. The number of nitrogens with zero attached hydrogens (tertiary/aromatic N) is 1. The van der Waals surface area contributed by atoms with E-state index in [0.29, 0.717) is 18.0 Å². The van der Waals surface area contributed by atoms with Gasteiger partial charge in [0.15, 0.2) is 5.58 Å². The highest BCUT2D eigenvalue weighted by Crippen LogP contribution is 2.22. The van der Waals surface area contributed by atoms with Crippen LogP contribution in [0.4, 0.5) is 0 Å². The van der Waals surface area contributed by atoms with E-state index >= 15 is 0 Å². The minimum atomic E-state index is -0.321. The maximum Gasteiger partial charge on any atom is 0.419 e. The van der Waals surface area contributed by atoms with Crippen molar-refractivity contribution in [1.82, 2.24) is 4.57 Å². The van der Waals surface area contributed by atoms with E-state index in [-0.39, 0.29) is 5.76 Å². The largest absolute Gasteiger partial charge is 0.419 e. The van der Waals surface area contributed by atoms with Crippen LogP contribution in [0.25, 0.3) is 11.1 Å². The molecule has 4 nitrogen and oxygen atoms in total. The number of benzene rings is 1. The topological polar surface area (TPSA) is 61.2 Å². The number of rotatable bonds is 3. The number of nitrogens with two attached hydrogens (primary N) is 1. The Labute approximate surface area is 93.7 Å². The molecule has 16 heavy (non-hydrogen) atoms. The molecule has 0 aliphatic rings. The summed E-state index contributed by atoms with van der Waals surface area (Å²) in [4.78, 5) is 11.3. The van der Waals surface area contributed by atoms with Gasteiger partial charge < -0.3 is 10.2 Å². The molecule has 0 aliphatic heterocycles. The molecule has 2 aromatic rings. The Bertz CT molecular complexity index is 554. The zero-order chi connectivity index (χ0) is 11.7. The molecular weight excluding hydrogens is 204 g/mol. The summed E-state index contributed by atoms with van der Waals surface area (Å²) in [6, 6.07) is 5.87. The molecule has 0 saturated heterocycles. The molecule has 0 fully saturated rings. The summed E-state index contributed by atoms with van der Waals surface area (Å²) in [5, 5.41) is 0. The number of aryl methyl sites for hydroxylation is 1. The van der Waals surface area contributed by atoms with Crippen molar-refractivity contribution in [1.29, 1.82) is 0 Å². The van der Waals surface area contributed by atoms with Gasteiger partial charge in [0.05, 0.1) is 5.52 Å². The third-order valence-corrected chi connectivity index (χ3v) is 2.99. The zero-order valence-corrected chi connectivity index (χ0v) is 9.56. The maximum atomic E-state index is 11.3. The molecule has 2 rings (SSSR count). The Kier molecular flexibility index (Phi) is 2.83. The van der Waals surface area contributed by atoms with Crippen LogP contribution in [0.3, 0.4) is 0 Å². The van der Waals surface area contributed by atoms with Crippen LogP contribution in [0, 0.1) is 0 Å². The quantitative estimate of drug-likeness (QED) is 0.854. The van der Waals surface area contributed by atoms with Gasteiger partial charge in [-0.2, -0.15) is 0 Å². The first-order chi connectivity index (χ1) is 7.63. The second-order valence-corrected chi connectivity index (χ2v) is 4.13. The third-order valence-electron chi connectivity index (χ3n) is 2.99. The van der Waals surface area contributed by atoms with Crippen LogP contribution in [0.1, 0.15) is 24.8 Å². The Morgan fingerprint density at radius 2 is 2.25 bits per heavy atom. The summed E-state index contributed by atoms with van der Waals surface area (Å²) in [6.07, 6.45) is 0.933. The predicted molar refractivity (Wildman–Crippen MR) is 63.5 cm³/mol. The zero-order valence-electron chi connectivity index (χ0n) is 9.56. The monoisotopic (exact) mass is 220 g/mol. The van der Waals surface area contributed by atoms with E-state index in [1.807, 2.05) is 18.2 Å². The van der Waals surface area contributed by atoms with Gasteiger partial charge in [-0.05, 0) is 36.6 Å². The van der Waals surface area contributed by atoms with Gasteiger partial charge in [-0.15, -0.1) is 0 Å². The van der Waals surface area contributed by atoms with Crippen LogP contribution in [-0.4, -0.2) is 11.1 Å². The minimum Gasteiger partial charge on any atom is -0.408 e. The van der Waals surface area contributed by atoms with Gasteiger partial charge in [0.25, 0.3) is 0 Å². The van der Waals surface area contributed by atoms with Crippen molar-refractivity contribution in [3.05, 3.63) is 34.3 Å². The SMILES string of the molecule is CC(CCN)c1ccc2c(c1)oc(=O)n2C. The number of fused-ring (bicyclic) bond motifs is 1. The number of oxazole rings is 1. The van der Waals surface area contributed by atoms with E-state index < -0.39 is 0 Å². The van der Waals surface area contributed by atoms with Gasteiger partial charge in [0.1, 0.15) is 0 Å². The lowest BCUT2D eigenvalue weighted by Gasteiger charge is -2.09. The lowest BCUT2D eigenvalue weighted by atomic mass is 9.98. The first-order valence-electron chi connectivity index (χ1n) is 5.43. The van der Waals surface area contributed by atoms with Crippen molar-refractivity contribution in [2.75, 3.05) is 6.54 Å². The molecule has 1 aromatic heterocycles. The van der Waals surface area contributed by atoms with E-state index in [0.717, 1.165) is 17.5 Å². The van der Waals surface area contributed by atoms with Crippen LogP contribution >= 0.6 is 0 Å². The molecule has 1 atom stereocenters. The van der Waals surface area contributed by atoms with E-state index in [2.05, 4.69) is 6.92 Å². The number of hydrogen-bond donors (Lipinski definition) is 1. The number of aromatic nitrogens is 1. The van der Waals surface area contributed by atoms with Crippen molar-refractivity contribution >= 4 is 11.1 Å². The first kappa shape index (κ1) is 11.0. The van der Waals surface area contributed by atoms with E-state index in [1.165, 1.54) is 4.57 Å². The average molecular weight is 220 g/mol. The van der Waals surface area contributed by atoms with E-state index in [4.69, 9.17) is 10.2 Å². The van der Waals surface area contributed by atoms with Crippen molar-refractivity contribution in [2.45, 2.75) is 19.3 Å². The van der Waals surface area contributed by atoms with Gasteiger partial charge in [0.2, 0.25) is 0 Å². The third kappa shape index (κ3) is 1.76. The minimum absolute atomic E-state index is 0.321. The normalized spacial score (nSPS) is 13.2. The fourth-order valence-corrected chi connectivity index (χ4v) is 1.87. The molecular formula is C12H16N2O2. The molecule has 4 heteroatoms. The molecule has 0 spiro atoms. The maximum absolute atomic E-state index is 11.3. The van der Waals surface area contributed by atoms with Gasteiger partial charge in [-0.3, -0.25) is 4.57 Å². The molecule has 0 bridgehead atoms. The van der Waals surface area contributed by atoms with Gasteiger partial charge in [-0.1, -0.05) is 13.0 Å². The van der Waals surface area contributed by atoms with Crippen molar-refractivity contribution in [2.24, 2.45) is 12.8 Å². The van der Waals surface area contributed by atoms with Crippen LogP contribution in [0.15, 0.2) is 27.4 Å².